The number of nitrogens with zero attached hydrogens (tertiary/aromatic N) is 4. The second-order valence-electron chi connectivity index (χ2n) is 8.30. The summed E-state index contributed by atoms with van der Waals surface area (Å²) in [7, 11) is 0. The number of aromatic nitrogens is 4. The molecule has 9 heteroatoms. The molecule has 3 aromatic heterocycles. The van der Waals surface area contributed by atoms with Gasteiger partial charge in [-0.3, -0.25) is 15.1 Å². The van der Waals surface area contributed by atoms with Crippen LogP contribution in [-0.2, 0) is 12.8 Å². The van der Waals surface area contributed by atoms with Crippen molar-refractivity contribution in [1.82, 2.24) is 25.3 Å². The Balaban J connectivity index is 1.35. The molecule has 0 radical (unpaired) electrons. The standard InChI is InChI=1S/C24H25N7O2/c32-31(33)18-10-11-22(27-15-18)26-14-17(13-23-29-19-7-1-2-8-20(19)30-23)28-21-9-3-5-16-6-4-12-25-24(16)21/h1-2,4,6-8,10-12,15,17,21,28H,3,5,9,13-14H2,(H,26,27)(H,29,30). The highest BCUT2D eigenvalue weighted by Crippen LogP contribution is 2.28. The Morgan fingerprint density at radius 1 is 1.15 bits per heavy atom. The van der Waals surface area contributed by atoms with Crippen LogP contribution in [0.25, 0.3) is 11.0 Å². The highest BCUT2D eigenvalue weighted by molar-refractivity contribution is 5.74. The molecule has 0 aliphatic heterocycles. The van der Waals surface area contributed by atoms with Gasteiger partial charge in [0, 0.05) is 31.3 Å². The summed E-state index contributed by atoms with van der Waals surface area (Å²) in [5.41, 5.74) is 4.35. The van der Waals surface area contributed by atoms with Crippen molar-refractivity contribution in [2.45, 2.75) is 37.8 Å². The molecule has 1 aliphatic rings. The summed E-state index contributed by atoms with van der Waals surface area (Å²) in [6, 6.07) is 15.4. The number of nitrogens with one attached hydrogen (secondary N) is 3. The van der Waals surface area contributed by atoms with Gasteiger partial charge in [0.2, 0.25) is 0 Å². The Hall–Kier alpha value is -3.85. The molecule has 4 aromatic rings. The van der Waals surface area contributed by atoms with Gasteiger partial charge in [-0.25, -0.2) is 9.97 Å². The van der Waals surface area contributed by atoms with Crippen LogP contribution >= 0.6 is 0 Å². The number of hydrogen-bond acceptors (Lipinski definition) is 7. The van der Waals surface area contributed by atoms with Gasteiger partial charge in [-0.05, 0) is 49.1 Å². The lowest BCUT2D eigenvalue weighted by atomic mass is 9.91. The predicted octanol–water partition coefficient (Wildman–Crippen LogP) is 3.95. The van der Waals surface area contributed by atoms with E-state index in [2.05, 4.69) is 31.7 Å². The normalized spacial score (nSPS) is 16.3. The summed E-state index contributed by atoms with van der Waals surface area (Å²) >= 11 is 0. The zero-order valence-corrected chi connectivity index (χ0v) is 18.1. The predicted molar refractivity (Wildman–Crippen MR) is 126 cm³/mol. The highest BCUT2D eigenvalue weighted by atomic mass is 16.6. The maximum absolute atomic E-state index is 10.9. The molecule has 5 rings (SSSR count). The molecule has 0 fully saturated rings. The number of aromatic amines is 1. The van der Waals surface area contributed by atoms with Crippen molar-refractivity contribution in [2.75, 3.05) is 11.9 Å². The maximum Gasteiger partial charge on any atom is 0.287 e. The fraction of sp³-hybridized carbons (Fsp3) is 0.292. The van der Waals surface area contributed by atoms with Gasteiger partial charge in [-0.1, -0.05) is 18.2 Å². The molecular weight excluding hydrogens is 418 g/mol. The second kappa shape index (κ2) is 9.33. The van der Waals surface area contributed by atoms with Crippen molar-refractivity contribution in [1.29, 1.82) is 0 Å². The number of imidazole rings is 1. The number of anilines is 1. The molecule has 2 unspecified atom stereocenters. The first-order valence-corrected chi connectivity index (χ1v) is 11.1. The van der Waals surface area contributed by atoms with Crippen molar-refractivity contribution >= 4 is 22.5 Å². The van der Waals surface area contributed by atoms with Gasteiger partial charge in [-0.15, -0.1) is 0 Å². The van der Waals surface area contributed by atoms with Crippen LogP contribution < -0.4 is 10.6 Å². The van der Waals surface area contributed by atoms with Crippen LogP contribution in [0.4, 0.5) is 11.5 Å². The molecule has 1 aliphatic carbocycles. The summed E-state index contributed by atoms with van der Waals surface area (Å²) in [5.74, 6) is 1.50. The Bertz CT molecular complexity index is 1220. The molecule has 168 valence electrons. The van der Waals surface area contributed by atoms with Gasteiger partial charge in [0.05, 0.1) is 27.7 Å². The van der Waals surface area contributed by atoms with Crippen LogP contribution in [0.15, 0.2) is 60.9 Å². The summed E-state index contributed by atoms with van der Waals surface area (Å²) in [5, 5.41) is 18.0. The maximum atomic E-state index is 10.9. The molecule has 0 saturated heterocycles. The molecule has 0 amide bonds. The van der Waals surface area contributed by atoms with Crippen molar-refractivity contribution in [3.8, 4) is 0 Å². The van der Waals surface area contributed by atoms with Gasteiger partial charge >= 0.3 is 0 Å². The van der Waals surface area contributed by atoms with Crippen LogP contribution in [0.5, 0.6) is 0 Å². The van der Waals surface area contributed by atoms with E-state index in [1.165, 1.54) is 17.8 Å². The van der Waals surface area contributed by atoms with Crippen LogP contribution in [-0.4, -0.2) is 37.4 Å². The molecule has 33 heavy (non-hydrogen) atoms. The third-order valence-electron chi connectivity index (χ3n) is 6.00. The number of aryl methyl sites for hydroxylation is 1. The Morgan fingerprint density at radius 2 is 2.06 bits per heavy atom. The first-order chi connectivity index (χ1) is 16.2. The molecule has 0 saturated carbocycles. The van der Waals surface area contributed by atoms with Gasteiger partial charge in [0.25, 0.3) is 5.69 Å². The van der Waals surface area contributed by atoms with E-state index in [9.17, 15) is 10.1 Å². The van der Waals surface area contributed by atoms with E-state index in [1.54, 1.807) is 6.07 Å². The number of H-pyrrole nitrogens is 1. The highest BCUT2D eigenvalue weighted by Gasteiger charge is 2.24. The van der Waals surface area contributed by atoms with Crippen molar-refractivity contribution in [2.24, 2.45) is 0 Å². The van der Waals surface area contributed by atoms with E-state index in [0.29, 0.717) is 18.8 Å². The summed E-state index contributed by atoms with van der Waals surface area (Å²) in [6.07, 6.45) is 7.01. The minimum absolute atomic E-state index is 0.0256. The van der Waals surface area contributed by atoms with Crippen molar-refractivity contribution < 1.29 is 4.92 Å². The number of nitro groups is 1. The van der Waals surface area contributed by atoms with Gasteiger partial charge < -0.3 is 15.6 Å². The first-order valence-electron chi connectivity index (χ1n) is 11.1. The molecule has 0 bridgehead atoms. The van der Waals surface area contributed by atoms with Gasteiger partial charge in [0.15, 0.2) is 0 Å². The zero-order chi connectivity index (χ0) is 22.6. The summed E-state index contributed by atoms with van der Waals surface area (Å²) in [4.78, 5) is 27.4. The molecule has 0 spiro atoms. The quantitative estimate of drug-likeness (QED) is 0.278. The summed E-state index contributed by atoms with van der Waals surface area (Å²) in [6.45, 7) is 0.584. The van der Waals surface area contributed by atoms with E-state index in [-0.39, 0.29) is 17.8 Å². The minimum Gasteiger partial charge on any atom is -0.368 e. The topological polar surface area (TPSA) is 122 Å². The average molecular weight is 444 g/mol. The van der Waals surface area contributed by atoms with E-state index < -0.39 is 4.92 Å². The fourth-order valence-corrected chi connectivity index (χ4v) is 4.41. The molecule has 3 heterocycles. The Labute approximate surface area is 190 Å². The first kappa shape index (κ1) is 21.0. The molecule has 3 N–H and O–H groups in total. The number of fused-ring (bicyclic) bond motifs is 2. The van der Waals surface area contributed by atoms with Crippen molar-refractivity contribution in [3.63, 3.8) is 0 Å². The van der Waals surface area contributed by atoms with E-state index in [4.69, 9.17) is 4.98 Å². The number of pyridine rings is 2. The minimum atomic E-state index is -0.448. The number of para-hydroxylation sites is 2. The Morgan fingerprint density at radius 3 is 2.88 bits per heavy atom. The smallest absolute Gasteiger partial charge is 0.287 e. The van der Waals surface area contributed by atoms with Crippen LogP contribution in [0.2, 0.25) is 0 Å². The Kier molecular flexibility index (Phi) is 5.95. The molecule has 2 atom stereocenters. The third-order valence-corrected chi connectivity index (χ3v) is 6.00. The third kappa shape index (κ3) is 4.83. The number of hydrogen-bond donors (Lipinski definition) is 3. The lowest BCUT2D eigenvalue weighted by Gasteiger charge is -2.29. The van der Waals surface area contributed by atoms with E-state index in [0.717, 1.165) is 41.8 Å². The van der Waals surface area contributed by atoms with Gasteiger partial charge in [-0.2, -0.15) is 0 Å². The number of rotatable bonds is 8. The SMILES string of the molecule is O=[N+]([O-])c1ccc(NCC(Cc2nc3ccccc3[nH]2)NC2CCCc3cccnc32)nc1. The zero-order valence-electron chi connectivity index (χ0n) is 18.1. The van der Waals surface area contributed by atoms with Crippen LogP contribution in [0.3, 0.4) is 0 Å². The average Bonchev–Trinajstić information content (AvgIpc) is 3.25. The molecule has 9 nitrogen and oxygen atoms in total. The van der Waals surface area contributed by atoms with E-state index >= 15 is 0 Å². The molecular formula is C24H25N7O2. The largest absolute Gasteiger partial charge is 0.368 e. The monoisotopic (exact) mass is 443 g/mol. The molecule has 1 aromatic carbocycles. The van der Waals surface area contributed by atoms with Crippen molar-refractivity contribution in [3.05, 3.63) is 88.1 Å². The van der Waals surface area contributed by atoms with Crippen LogP contribution in [0.1, 0.15) is 36.0 Å². The number of benzene rings is 1. The van der Waals surface area contributed by atoms with E-state index in [1.807, 2.05) is 36.5 Å². The summed E-state index contributed by atoms with van der Waals surface area (Å²) < 4.78 is 0. The lowest BCUT2D eigenvalue weighted by Crippen LogP contribution is -2.41. The second-order valence-corrected chi connectivity index (χ2v) is 8.30. The fourth-order valence-electron chi connectivity index (χ4n) is 4.41. The lowest BCUT2D eigenvalue weighted by molar-refractivity contribution is -0.385. The van der Waals surface area contributed by atoms with Crippen LogP contribution in [0, 0.1) is 10.1 Å². The van der Waals surface area contributed by atoms with Gasteiger partial charge in [0.1, 0.15) is 17.8 Å².